The molecule has 0 radical (unpaired) electrons. The smallest absolute Gasteiger partial charge is 0.318 e. The lowest BCUT2D eigenvalue weighted by Gasteiger charge is -2.25. The Morgan fingerprint density at radius 1 is 1.33 bits per heavy atom. The number of carbonyl (C=O) groups excluding carboxylic acids is 2. The zero-order chi connectivity index (χ0) is 23.8. The van der Waals surface area contributed by atoms with Crippen molar-refractivity contribution in [3.8, 4) is 0 Å². The number of ketones is 1. The van der Waals surface area contributed by atoms with Crippen molar-refractivity contribution in [1.29, 1.82) is 5.41 Å². The molecular formula is C22H32N8O3. The molecule has 1 aliphatic rings. The highest BCUT2D eigenvalue weighted by Crippen LogP contribution is 2.23. The van der Waals surface area contributed by atoms with Gasteiger partial charge in [0.15, 0.2) is 17.6 Å². The normalized spacial score (nSPS) is 17.4. The van der Waals surface area contributed by atoms with Crippen molar-refractivity contribution < 1.29 is 14.1 Å². The summed E-state index contributed by atoms with van der Waals surface area (Å²) in [6.07, 6.45) is 3.06. The number of amides is 2. The van der Waals surface area contributed by atoms with Gasteiger partial charge in [-0.3, -0.25) is 10.2 Å². The number of nitrogens with two attached hydrogens (primary N) is 2. The van der Waals surface area contributed by atoms with Crippen molar-refractivity contribution in [2.24, 2.45) is 11.5 Å². The summed E-state index contributed by atoms with van der Waals surface area (Å²) in [6.45, 7) is 2.47. The summed E-state index contributed by atoms with van der Waals surface area (Å²) >= 11 is 0. The van der Waals surface area contributed by atoms with Crippen LogP contribution in [0, 0.1) is 5.41 Å². The molecule has 1 fully saturated rings. The van der Waals surface area contributed by atoms with E-state index in [9.17, 15) is 9.59 Å². The van der Waals surface area contributed by atoms with Gasteiger partial charge in [-0.2, -0.15) is 4.98 Å². The summed E-state index contributed by atoms with van der Waals surface area (Å²) in [7, 11) is 0. The molecule has 11 nitrogen and oxygen atoms in total. The number of hydrogen-bond acceptors (Lipinski definition) is 7. The molecule has 7 N–H and O–H groups in total. The highest BCUT2D eigenvalue weighted by Gasteiger charge is 2.34. The van der Waals surface area contributed by atoms with Gasteiger partial charge in [-0.1, -0.05) is 35.5 Å². The maximum absolute atomic E-state index is 12.9. The molecule has 0 aliphatic carbocycles. The molecule has 0 saturated carbocycles. The number of carbonyl (C=O) groups is 2. The van der Waals surface area contributed by atoms with Crippen molar-refractivity contribution in [2.45, 2.75) is 57.2 Å². The van der Waals surface area contributed by atoms with E-state index in [1.54, 1.807) is 4.90 Å². The van der Waals surface area contributed by atoms with Gasteiger partial charge in [0, 0.05) is 13.1 Å². The molecular weight excluding hydrogens is 424 g/mol. The molecule has 1 aromatic carbocycles. The van der Waals surface area contributed by atoms with Crippen molar-refractivity contribution in [3.05, 3.63) is 47.6 Å². The monoisotopic (exact) mass is 456 g/mol. The molecule has 3 atom stereocenters. The summed E-state index contributed by atoms with van der Waals surface area (Å²) in [5.41, 5.74) is 12.7. The fraction of sp³-hybridized carbons (Fsp3) is 0.500. The summed E-state index contributed by atoms with van der Waals surface area (Å²) in [5.74, 6) is 0.460. The number of rotatable bonds is 10. The minimum atomic E-state index is -0.565. The van der Waals surface area contributed by atoms with E-state index in [1.165, 1.54) is 6.92 Å². The number of likely N-dealkylation sites (tertiary alicyclic amines) is 1. The summed E-state index contributed by atoms with van der Waals surface area (Å²) in [6, 6.07) is 8.00. The Morgan fingerprint density at radius 3 is 2.79 bits per heavy atom. The van der Waals surface area contributed by atoms with E-state index in [1.807, 2.05) is 30.3 Å². The van der Waals surface area contributed by atoms with Crippen LogP contribution >= 0.6 is 0 Å². The van der Waals surface area contributed by atoms with Crippen LogP contribution < -0.4 is 22.1 Å². The lowest BCUT2D eigenvalue weighted by Crippen LogP contribution is -2.46. The van der Waals surface area contributed by atoms with Crippen molar-refractivity contribution in [2.75, 3.05) is 13.1 Å². The molecule has 11 heteroatoms. The van der Waals surface area contributed by atoms with E-state index in [-0.39, 0.29) is 23.7 Å². The molecule has 2 heterocycles. The lowest BCUT2D eigenvalue weighted by molar-refractivity contribution is -0.120. The van der Waals surface area contributed by atoms with E-state index >= 15 is 0 Å². The van der Waals surface area contributed by atoms with Gasteiger partial charge in [0.25, 0.3) is 0 Å². The molecule has 1 unspecified atom stereocenters. The number of benzene rings is 1. The van der Waals surface area contributed by atoms with E-state index in [0.29, 0.717) is 44.6 Å². The first-order chi connectivity index (χ1) is 15.8. The average molecular weight is 457 g/mol. The second kappa shape index (κ2) is 11.4. The Morgan fingerprint density at radius 2 is 2.09 bits per heavy atom. The molecule has 0 spiro atoms. The van der Waals surface area contributed by atoms with Gasteiger partial charge in [0.05, 0.1) is 12.1 Å². The molecule has 1 aromatic heterocycles. The second-order valence-electron chi connectivity index (χ2n) is 8.23. The predicted octanol–water partition coefficient (Wildman–Crippen LogP) is 1.38. The molecule has 3 rings (SSSR count). The van der Waals surface area contributed by atoms with Crippen LogP contribution in [-0.4, -0.2) is 51.9 Å². The third-order valence-corrected chi connectivity index (χ3v) is 5.65. The molecule has 2 amide bonds. The zero-order valence-electron chi connectivity index (χ0n) is 18.8. The van der Waals surface area contributed by atoms with Gasteiger partial charge >= 0.3 is 6.03 Å². The van der Waals surface area contributed by atoms with E-state index in [4.69, 9.17) is 21.4 Å². The zero-order valence-corrected chi connectivity index (χ0v) is 18.8. The fourth-order valence-electron chi connectivity index (χ4n) is 3.95. The molecule has 2 aromatic rings. The Kier molecular flexibility index (Phi) is 8.36. The maximum Gasteiger partial charge on any atom is 0.318 e. The van der Waals surface area contributed by atoms with Gasteiger partial charge in [0.1, 0.15) is 6.04 Å². The number of aromatic nitrogens is 2. The largest absolute Gasteiger partial charge is 0.370 e. The SMILES string of the molecule is CC(=O)C1CCCN1C(=O)N[C@@H](CCCNC(=N)N)c1nc([C@@H](N)Cc2ccccc2)no1. The number of guanidine groups is 1. The first-order valence-electron chi connectivity index (χ1n) is 11.1. The van der Waals surface area contributed by atoms with Crippen LogP contribution in [0.5, 0.6) is 0 Å². The van der Waals surface area contributed by atoms with Crippen LogP contribution in [0.3, 0.4) is 0 Å². The van der Waals surface area contributed by atoms with Crippen molar-refractivity contribution in [3.63, 3.8) is 0 Å². The van der Waals surface area contributed by atoms with Crippen LogP contribution in [0.15, 0.2) is 34.9 Å². The minimum Gasteiger partial charge on any atom is -0.370 e. The number of urea groups is 1. The van der Waals surface area contributed by atoms with E-state index < -0.39 is 18.1 Å². The van der Waals surface area contributed by atoms with Crippen molar-refractivity contribution in [1.82, 2.24) is 25.7 Å². The lowest BCUT2D eigenvalue weighted by atomic mass is 10.1. The van der Waals surface area contributed by atoms with Crippen molar-refractivity contribution >= 4 is 17.8 Å². The van der Waals surface area contributed by atoms with Gasteiger partial charge < -0.3 is 31.5 Å². The Balaban J connectivity index is 1.70. The van der Waals surface area contributed by atoms with Crippen LogP contribution in [-0.2, 0) is 11.2 Å². The minimum absolute atomic E-state index is 0.0307. The maximum atomic E-state index is 12.9. The average Bonchev–Trinajstić information content (AvgIpc) is 3.46. The highest BCUT2D eigenvalue weighted by atomic mass is 16.5. The Hall–Kier alpha value is -3.47. The Labute approximate surface area is 192 Å². The van der Waals surface area contributed by atoms with Gasteiger partial charge in [-0.15, -0.1) is 0 Å². The van der Waals surface area contributed by atoms with E-state index in [0.717, 1.165) is 12.0 Å². The number of hydrogen-bond donors (Lipinski definition) is 5. The molecule has 1 saturated heterocycles. The van der Waals surface area contributed by atoms with Gasteiger partial charge in [0.2, 0.25) is 5.89 Å². The quantitative estimate of drug-likeness (QED) is 0.202. The molecule has 0 bridgehead atoms. The predicted molar refractivity (Wildman–Crippen MR) is 122 cm³/mol. The number of nitrogens with zero attached hydrogens (tertiary/aromatic N) is 3. The summed E-state index contributed by atoms with van der Waals surface area (Å²) < 4.78 is 5.47. The number of Topliss-reactive ketones (excluding diaryl/α,β-unsaturated/α-hetero) is 1. The fourth-order valence-corrected chi connectivity index (χ4v) is 3.95. The standard InChI is InChI=1S/C22H32N8O3/c1-14(31)18-10-6-12-30(18)22(32)27-17(9-5-11-26-21(24)25)20-28-19(29-33-20)16(23)13-15-7-3-2-4-8-15/h2-4,7-8,16-18H,5-6,9-13,23H2,1H3,(H,27,32)(H4,24,25,26)/t16-,17-,18?/m0/s1. The molecule has 178 valence electrons. The van der Waals surface area contributed by atoms with Crippen LogP contribution in [0.2, 0.25) is 0 Å². The second-order valence-corrected chi connectivity index (χ2v) is 8.23. The first-order valence-corrected chi connectivity index (χ1v) is 11.1. The van der Waals surface area contributed by atoms with Crippen LogP contribution in [0.1, 0.15) is 62.0 Å². The van der Waals surface area contributed by atoms with Crippen LogP contribution in [0.25, 0.3) is 0 Å². The molecule has 1 aliphatic heterocycles. The van der Waals surface area contributed by atoms with Gasteiger partial charge in [-0.05, 0) is 44.6 Å². The topological polar surface area (TPSA) is 176 Å². The third kappa shape index (κ3) is 6.75. The first kappa shape index (κ1) is 24.2. The Bertz CT molecular complexity index is 948. The summed E-state index contributed by atoms with van der Waals surface area (Å²) in [4.78, 5) is 30.9. The molecule has 33 heavy (non-hydrogen) atoms. The van der Waals surface area contributed by atoms with Crippen LogP contribution in [0.4, 0.5) is 4.79 Å². The number of nitrogens with one attached hydrogen (secondary N) is 3. The van der Waals surface area contributed by atoms with E-state index in [2.05, 4.69) is 20.8 Å². The third-order valence-electron chi connectivity index (χ3n) is 5.65. The highest BCUT2D eigenvalue weighted by molar-refractivity contribution is 5.87. The summed E-state index contributed by atoms with van der Waals surface area (Å²) in [5, 5.41) is 17.0. The van der Waals surface area contributed by atoms with Gasteiger partial charge in [-0.25, -0.2) is 4.79 Å².